The predicted molar refractivity (Wildman–Crippen MR) is 79.2 cm³/mol. The van der Waals surface area contributed by atoms with Gasteiger partial charge in [0, 0.05) is 12.2 Å². The third-order valence-corrected chi connectivity index (χ3v) is 4.08. The van der Waals surface area contributed by atoms with Crippen LogP contribution in [0.25, 0.3) is 10.9 Å². The van der Waals surface area contributed by atoms with E-state index in [1.54, 1.807) is 32.2 Å². The van der Waals surface area contributed by atoms with Crippen LogP contribution in [0.5, 0.6) is 5.75 Å². The van der Waals surface area contributed by atoms with Crippen LogP contribution in [0.15, 0.2) is 23.0 Å². The molecule has 2 aromatic rings. The molecule has 1 N–H and O–H groups in total. The third-order valence-electron chi connectivity index (χ3n) is 4.08. The largest absolute Gasteiger partial charge is 0.495 e. The predicted octanol–water partition coefficient (Wildman–Crippen LogP) is 2.43. The molecule has 21 heavy (non-hydrogen) atoms. The van der Waals surface area contributed by atoms with Gasteiger partial charge in [0.1, 0.15) is 11.3 Å². The molecule has 1 heterocycles. The first-order valence-electron chi connectivity index (χ1n) is 6.98. The van der Waals surface area contributed by atoms with E-state index in [4.69, 9.17) is 4.74 Å². The zero-order valence-corrected chi connectivity index (χ0v) is 12.0. The quantitative estimate of drug-likeness (QED) is 0.937. The van der Waals surface area contributed by atoms with Crippen molar-refractivity contribution in [2.75, 3.05) is 7.11 Å². The smallest absolute Gasteiger partial charge is 0.341 e. The first kappa shape index (κ1) is 13.7. The van der Waals surface area contributed by atoms with Gasteiger partial charge in [-0.3, -0.25) is 4.79 Å². The van der Waals surface area contributed by atoms with Gasteiger partial charge in [-0.1, -0.05) is 6.07 Å². The van der Waals surface area contributed by atoms with Gasteiger partial charge in [0.25, 0.3) is 0 Å². The van der Waals surface area contributed by atoms with Crippen LogP contribution in [0.4, 0.5) is 0 Å². The highest BCUT2D eigenvalue weighted by Crippen LogP contribution is 2.34. The monoisotopic (exact) mass is 287 g/mol. The number of methoxy groups -OCH3 is 1. The lowest BCUT2D eigenvalue weighted by molar-refractivity contribution is 0.0693. The summed E-state index contributed by atoms with van der Waals surface area (Å²) < 4.78 is 7.30. The van der Waals surface area contributed by atoms with E-state index in [9.17, 15) is 14.7 Å². The van der Waals surface area contributed by atoms with Crippen molar-refractivity contribution in [1.29, 1.82) is 0 Å². The van der Waals surface area contributed by atoms with E-state index in [1.165, 1.54) is 0 Å². The molecule has 0 radical (unpaired) electrons. The molecule has 1 aliphatic rings. The van der Waals surface area contributed by atoms with Crippen LogP contribution in [0, 0.1) is 12.8 Å². The van der Waals surface area contributed by atoms with E-state index in [0.29, 0.717) is 28.3 Å². The minimum atomic E-state index is -1.17. The molecule has 5 heteroatoms. The topological polar surface area (TPSA) is 68.5 Å². The number of fused-ring (bicyclic) bond motifs is 1. The molecule has 1 aromatic carbocycles. The maximum Gasteiger partial charge on any atom is 0.341 e. The van der Waals surface area contributed by atoms with Crippen molar-refractivity contribution in [3.63, 3.8) is 0 Å². The zero-order chi connectivity index (χ0) is 15.1. The fraction of sp³-hybridized carbons (Fsp3) is 0.375. The number of para-hydroxylation sites is 1. The van der Waals surface area contributed by atoms with Gasteiger partial charge < -0.3 is 14.4 Å². The lowest BCUT2D eigenvalue weighted by Crippen LogP contribution is -2.23. The van der Waals surface area contributed by atoms with Crippen molar-refractivity contribution >= 4 is 16.9 Å². The number of pyridine rings is 1. The highest BCUT2D eigenvalue weighted by molar-refractivity contribution is 5.95. The standard InChI is InChI=1S/C16H17NO4/c1-9-13(16(19)20)15(18)11-4-3-5-12(21-2)14(11)17(9)8-10-6-7-10/h3-5,10H,6-8H2,1-2H3,(H,19,20). The normalized spacial score (nSPS) is 14.4. The Labute approximate surface area is 121 Å². The summed E-state index contributed by atoms with van der Waals surface area (Å²) in [6, 6.07) is 5.17. The van der Waals surface area contributed by atoms with E-state index in [-0.39, 0.29) is 5.56 Å². The molecule has 5 nitrogen and oxygen atoms in total. The van der Waals surface area contributed by atoms with Gasteiger partial charge in [-0.2, -0.15) is 0 Å². The molecule has 3 rings (SSSR count). The van der Waals surface area contributed by atoms with Gasteiger partial charge in [-0.25, -0.2) is 4.79 Å². The minimum absolute atomic E-state index is 0.142. The Kier molecular flexibility index (Phi) is 3.20. The Morgan fingerprint density at radius 2 is 2.14 bits per heavy atom. The number of ether oxygens (including phenoxy) is 1. The lowest BCUT2D eigenvalue weighted by Gasteiger charge is -2.18. The molecular weight excluding hydrogens is 270 g/mol. The summed E-state index contributed by atoms with van der Waals surface area (Å²) in [5.74, 6) is -0.0157. The van der Waals surface area contributed by atoms with Crippen molar-refractivity contribution in [1.82, 2.24) is 4.57 Å². The molecule has 0 aliphatic heterocycles. The molecule has 110 valence electrons. The number of benzene rings is 1. The molecule has 0 unspecified atom stereocenters. The van der Waals surface area contributed by atoms with E-state index < -0.39 is 11.4 Å². The second kappa shape index (κ2) is 4.91. The summed E-state index contributed by atoms with van der Waals surface area (Å²) in [5, 5.41) is 9.76. The van der Waals surface area contributed by atoms with Gasteiger partial charge in [-0.15, -0.1) is 0 Å². The summed E-state index contributed by atoms with van der Waals surface area (Å²) in [5.41, 5.74) is 0.605. The third kappa shape index (κ3) is 2.18. The van der Waals surface area contributed by atoms with Gasteiger partial charge >= 0.3 is 5.97 Å². The van der Waals surface area contributed by atoms with Crippen molar-refractivity contribution in [2.24, 2.45) is 5.92 Å². The number of rotatable bonds is 4. The highest BCUT2D eigenvalue weighted by Gasteiger charge is 2.26. The fourth-order valence-corrected chi connectivity index (χ4v) is 2.79. The first-order valence-corrected chi connectivity index (χ1v) is 6.98. The van der Waals surface area contributed by atoms with E-state index in [2.05, 4.69) is 0 Å². The summed E-state index contributed by atoms with van der Waals surface area (Å²) in [4.78, 5) is 23.9. The second-order valence-electron chi connectivity index (χ2n) is 5.51. The van der Waals surface area contributed by atoms with Crippen LogP contribution in [0.1, 0.15) is 28.9 Å². The number of carboxylic acid groups (broad SMARTS) is 1. The Balaban J connectivity index is 2.43. The number of hydrogen-bond acceptors (Lipinski definition) is 3. The van der Waals surface area contributed by atoms with Crippen LogP contribution in [0.3, 0.4) is 0 Å². The maximum absolute atomic E-state index is 12.5. The number of carboxylic acids is 1. The fourth-order valence-electron chi connectivity index (χ4n) is 2.79. The molecule has 1 saturated carbocycles. The number of hydrogen-bond donors (Lipinski definition) is 1. The van der Waals surface area contributed by atoms with Gasteiger partial charge in [-0.05, 0) is 37.8 Å². The van der Waals surface area contributed by atoms with Crippen molar-refractivity contribution < 1.29 is 14.6 Å². The first-order chi connectivity index (χ1) is 10.0. The Bertz CT molecular complexity index is 787. The van der Waals surface area contributed by atoms with Crippen molar-refractivity contribution in [3.8, 4) is 5.75 Å². The SMILES string of the molecule is COc1cccc2c(=O)c(C(=O)O)c(C)n(CC3CC3)c12. The van der Waals surface area contributed by atoms with Gasteiger partial charge in [0.2, 0.25) is 5.43 Å². The van der Waals surface area contributed by atoms with Crippen molar-refractivity contribution in [2.45, 2.75) is 26.3 Å². The number of aromatic carboxylic acids is 1. The second-order valence-corrected chi connectivity index (χ2v) is 5.51. The molecule has 0 saturated heterocycles. The molecule has 0 atom stereocenters. The molecular formula is C16H17NO4. The van der Waals surface area contributed by atoms with Crippen LogP contribution < -0.4 is 10.2 Å². The molecule has 1 fully saturated rings. The summed E-state index contributed by atoms with van der Waals surface area (Å²) in [6.07, 6.45) is 2.29. The molecule has 0 amide bonds. The maximum atomic E-state index is 12.5. The van der Waals surface area contributed by atoms with E-state index in [1.807, 2.05) is 4.57 Å². The van der Waals surface area contributed by atoms with Crippen LogP contribution in [0.2, 0.25) is 0 Å². The lowest BCUT2D eigenvalue weighted by atomic mass is 10.1. The summed E-state index contributed by atoms with van der Waals surface area (Å²) in [7, 11) is 1.56. The van der Waals surface area contributed by atoms with Crippen LogP contribution in [-0.2, 0) is 6.54 Å². The van der Waals surface area contributed by atoms with Gasteiger partial charge in [0.15, 0.2) is 0 Å². The average Bonchev–Trinajstić information content (AvgIpc) is 3.26. The number of carbonyl (C=O) groups is 1. The average molecular weight is 287 g/mol. The number of nitrogens with zero attached hydrogens (tertiary/aromatic N) is 1. The zero-order valence-electron chi connectivity index (χ0n) is 12.0. The Morgan fingerprint density at radius 1 is 1.43 bits per heavy atom. The molecule has 0 bridgehead atoms. The van der Waals surface area contributed by atoms with Crippen molar-refractivity contribution in [3.05, 3.63) is 39.7 Å². The van der Waals surface area contributed by atoms with Crippen LogP contribution in [-0.4, -0.2) is 22.8 Å². The van der Waals surface area contributed by atoms with E-state index in [0.717, 1.165) is 19.4 Å². The Morgan fingerprint density at radius 3 is 2.71 bits per heavy atom. The summed E-state index contributed by atoms with van der Waals surface area (Å²) in [6.45, 7) is 2.42. The minimum Gasteiger partial charge on any atom is -0.495 e. The molecule has 1 aromatic heterocycles. The number of aromatic nitrogens is 1. The highest BCUT2D eigenvalue weighted by atomic mass is 16.5. The summed E-state index contributed by atoms with van der Waals surface area (Å²) >= 11 is 0. The van der Waals surface area contributed by atoms with E-state index >= 15 is 0 Å². The molecule has 0 spiro atoms. The Hall–Kier alpha value is -2.30. The molecule has 1 aliphatic carbocycles. The van der Waals surface area contributed by atoms with Gasteiger partial charge in [0.05, 0.1) is 18.0 Å². The van der Waals surface area contributed by atoms with Crippen LogP contribution >= 0.6 is 0 Å².